The molecule has 0 saturated carbocycles. The zero-order valence-electron chi connectivity index (χ0n) is 16.3. The summed E-state index contributed by atoms with van der Waals surface area (Å²) in [5.74, 6) is -0.961. The molecule has 1 atom stereocenters. The Kier molecular flexibility index (Phi) is 6.74. The highest BCUT2D eigenvalue weighted by Gasteiger charge is 2.13. The Hall–Kier alpha value is -3.47. The van der Waals surface area contributed by atoms with Crippen molar-refractivity contribution in [2.75, 3.05) is 0 Å². The number of aliphatic carboxylic acids is 1. The minimum absolute atomic E-state index is 0.0700. The van der Waals surface area contributed by atoms with Crippen LogP contribution in [0.25, 0.3) is 0 Å². The van der Waals surface area contributed by atoms with Crippen molar-refractivity contribution in [2.24, 2.45) is 0 Å². The van der Waals surface area contributed by atoms with E-state index in [1.807, 2.05) is 55.6 Å². The quantitative estimate of drug-likeness (QED) is 0.607. The van der Waals surface area contributed by atoms with Crippen LogP contribution in [0.4, 0.5) is 0 Å². The molecule has 0 aliphatic heterocycles. The summed E-state index contributed by atoms with van der Waals surface area (Å²) in [4.78, 5) is 27.7. The summed E-state index contributed by atoms with van der Waals surface area (Å²) in [5, 5.41) is 12.1. The van der Waals surface area contributed by atoms with Gasteiger partial charge in [-0.05, 0) is 60.2 Å². The first-order valence-electron chi connectivity index (χ1n) is 9.60. The summed E-state index contributed by atoms with van der Waals surface area (Å²) in [5.41, 5.74) is 4.66. The summed E-state index contributed by atoms with van der Waals surface area (Å²) in [6, 6.07) is 18.9. The van der Waals surface area contributed by atoms with Gasteiger partial charge in [0.15, 0.2) is 0 Å². The van der Waals surface area contributed by atoms with Crippen LogP contribution in [0.15, 0.2) is 73.1 Å². The van der Waals surface area contributed by atoms with Crippen LogP contribution in [0.5, 0.6) is 0 Å². The molecular weight excluding hydrogens is 364 g/mol. The highest BCUT2D eigenvalue weighted by atomic mass is 16.4. The van der Waals surface area contributed by atoms with E-state index in [0.717, 1.165) is 22.3 Å². The van der Waals surface area contributed by atoms with Crippen LogP contribution in [0.1, 0.15) is 52.0 Å². The molecule has 0 radical (unpaired) electrons. The van der Waals surface area contributed by atoms with Gasteiger partial charge in [0.2, 0.25) is 0 Å². The second kappa shape index (κ2) is 9.64. The third-order valence-corrected chi connectivity index (χ3v) is 4.72. The molecule has 0 saturated heterocycles. The van der Waals surface area contributed by atoms with Gasteiger partial charge in [0, 0.05) is 24.4 Å². The summed E-state index contributed by atoms with van der Waals surface area (Å²) in [6.07, 6.45) is 4.77. The number of hydrogen-bond donors (Lipinski definition) is 2. The van der Waals surface area contributed by atoms with Crippen molar-refractivity contribution in [3.05, 3.63) is 101 Å². The maximum atomic E-state index is 12.5. The molecular formula is C24H24N2O3. The average Bonchev–Trinajstić information content (AvgIpc) is 2.73. The van der Waals surface area contributed by atoms with Crippen molar-refractivity contribution in [1.29, 1.82) is 0 Å². The lowest BCUT2D eigenvalue weighted by molar-refractivity contribution is -0.136. The van der Waals surface area contributed by atoms with Crippen LogP contribution in [0, 0.1) is 0 Å². The molecule has 1 amide bonds. The predicted molar refractivity (Wildman–Crippen MR) is 112 cm³/mol. The molecule has 1 aromatic heterocycles. The molecule has 3 rings (SSSR count). The van der Waals surface area contributed by atoms with Gasteiger partial charge in [0.25, 0.3) is 5.91 Å². The number of benzene rings is 2. The van der Waals surface area contributed by atoms with E-state index >= 15 is 0 Å². The fraction of sp³-hybridized carbons (Fsp3) is 0.208. The maximum absolute atomic E-state index is 12.5. The molecule has 2 N–H and O–H groups in total. The zero-order valence-corrected chi connectivity index (χ0v) is 16.3. The molecule has 1 heterocycles. The molecule has 0 aliphatic carbocycles. The fourth-order valence-electron chi connectivity index (χ4n) is 3.23. The van der Waals surface area contributed by atoms with Crippen molar-refractivity contribution in [3.63, 3.8) is 0 Å². The monoisotopic (exact) mass is 388 g/mol. The molecule has 5 heteroatoms. The number of carbonyl (C=O) groups excluding carboxylic acids is 1. The number of nitrogens with zero attached hydrogens (tertiary/aromatic N) is 1. The summed E-state index contributed by atoms with van der Waals surface area (Å²) < 4.78 is 0. The van der Waals surface area contributed by atoms with E-state index in [1.165, 1.54) is 0 Å². The van der Waals surface area contributed by atoms with Gasteiger partial charge in [-0.15, -0.1) is 0 Å². The smallest absolute Gasteiger partial charge is 0.303 e. The van der Waals surface area contributed by atoms with Crippen LogP contribution < -0.4 is 5.32 Å². The van der Waals surface area contributed by atoms with Gasteiger partial charge in [0.1, 0.15) is 0 Å². The number of carboxylic acids is 1. The molecule has 3 aromatic rings. The molecule has 148 valence electrons. The van der Waals surface area contributed by atoms with Crippen LogP contribution in [-0.2, 0) is 17.6 Å². The largest absolute Gasteiger partial charge is 0.481 e. The Balaban J connectivity index is 1.83. The lowest BCUT2D eigenvalue weighted by Gasteiger charge is -2.17. The first-order chi connectivity index (χ1) is 14.0. The Morgan fingerprint density at radius 2 is 1.76 bits per heavy atom. The minimum Gasteiger partial charge on any atom is -0.481 e. The average molecular weight is 388 g/mol. The highest BCUT2D eigenvalue weighted by Crippen LogP contribution is 2.21. The molecule has 2 aromatic carbocycles. The third kappa shape index (κ3) is 6.01. The van der Waals surface area contributed by atoms with E-state index in [4.69, 9.17) is 5.11 Å². The maximum Gasteiger partial charge on any atom is 0.303 e. The summed E-state index contributed by atoms with van der Waals surface area (Å²) in [6.45, 7) is 1.94. The van der Waals surface area contributed by atoms with Gasteiger partial charge in [-0.25, -0.2) is 0 Å². The third-order valence-electron chi connectivity index (χ3n) is 4.72. The number of amides is 1. The minimum atomic E-state index is -0.824. The van der Waals surface area contributed by atoms with Crippen molar-refractivity contribution in [2.45, 2.75) is 32.2 Å². The summed E-state index contributed by atoms with van der Waals surface area (Å²) >= 11 is 0. The Bertz CT molecular complexity index is 972. The molecule has 29 heavy (non-hydrogen) atoms. The Morgan fingerprint density at radius 1 is 1.00 bits per heavy atom. The van der Waals surface area contributed by atoms with E-state index < -0.39 is 5.97 Å². The van der Waals surface area contributed by atoms with Crippen molar-refractivity contribution in [1.82, 2.24) is 10.3 Å². The van der Waals surface area contributed by atoms with E-state index in [1.54, 1.807) is 18.3 Å². The lowest BCUT2D eigenvalue weighted by atomic mass is 9.95. The van der Waals surface area contributed by atoms with E-state index in [9.17, 15) is 9.59 Å². The molecule has 5 nitrogen and oxygen atoms in total. The summed E-state index contributed by atoms with van der Waals surface area (Å²) in [7, 11) is 0. The van der Waals surface area contributed by atoms with Gasteiger partial charge >= 0.3 is 5.97 Å². The van der Waals surface area contributed by atoms with Crippen LogP contribution >= 0.6 is 0 Å². The fourth-order valence-corrected chi connectivity index (χ4v) is 3.23. The molecule has 0 fully saturated rings. The number of aromatic nitrogens is 1. The lowest BCUT2D eigenvalue weighted by Crippen LogP contribution is -2.26. The van der Waals surface area contributed by atoms with Gasteiger partial charge in [-0.3, -0.25) is 14.6 Å². The van der Waals surface area contributed by atoms with Gasteiger partial charge < -0.3 is 10.4 Å². The SMILES string of the molecule is CC(NC(=O)c1ccccc1)c1cc(CCC(=O)O)cc(Cc2cccnc2)c1. The predicted octanol–water partition coefficient (Wildman–Crippen LogP) is 4.18. The van der Waals surface area contributed by atoms with Gasteiger partial charge in [0.05, 0.1) is 6.04 Å². The second-order valence-corrected chi connectivity index (χ2v) is 7.08. The topological polar surface area (TPSA) is 79.3 Å². The van der Waals surface area contributed by atoms with E-state index in [2.05, 4.69) is 16.4 Å². The standard InChI is InChI=1S/C24H24N2O3/c1-17(26-24(29)21-7-3-2-4-8-21)22-14-18(9-10-23(27)28)12-20(15-22)13-19-6-5-11-25-16-19/h2-8,11-12,14-17H,9-10,13H2,1H3,(H,26,29)(H,27,28). The van der Waals surface area contributed by atoms with E-state index in [0.29, 0.717) is 18.4 Å². The molecule has 0 spiro atoms. The van der Waals surface area contributed by atoms with Crippen LogP contribution in [0.3, 0.4) is 0 Å². The zero-order chi connectivity index (χ0) is 20.6. The number of pyridine rings is 1. The number of rotatable bonds is 8. The second-order valence-electron chi connectivity index (χ2n) is 7.08. The Morgan fingerprint density at radius 3 is 2.45 bits per heavy atom. The van der Waals surface area contributed by atoms with Crippen LogP contribution in [-0.4, -0.2) is 22.0 Å². The first-order valence-corrected chi connectivity index (χ1v) is 9.60. The van der Waals surface area contributed by atoms with Gasteiger partial charge in [-0.2, -0.15) is 0 Å². The number of aryl methyl sites for hydroxylation is 1. The highest BCUT2D eigenvalue weighted by molar-refractivity contribution is 5.94. The van der Waals surface area contributed by atoms with Gasteiger partial charge in [-0.1, -0.05) is 42.5 Å². The molecule has 1 unspecified atom stereocenters. The number of nitrogens with one attached hydrogen (secondary N) is 1. The van der Waals surface area contributed by atoms with Crippen molar-refractivity contribution < 1.29 is 14.7 Å². The van der Waals surface area contributed by atoms with Crippen LogP contribution in [0.2, 0.25) is 0 Å². The van der Waals surface area contributed by atoms with Crippen molar-refractivity contribution >= 4 is 11.9 Å². The number of carboxylic acid groups (broad SMARTS) is 1. The van der Waals surface area contributed by atoms with E-state index in [-0.39, 0.29) is 18.4 Å². The normalized spacial score (nSPS) is 11.6. The number of carbonyl (C=O) groups is 2. The molecule has 0 aliphatic rings. The Labute approximate surface area is 170 Å². The van der Waals surface area contributed by atoms with Crippen molar-refractivity contribution in [3.8, 4) is 0 Å². The molecule has 0 bridgehead atoms. The number of hydrogen-bond acceptors (Lipinski definition) is 3. The first kappa shape index (κ1) is 20.3.